The van der Waals surface area contributed by atoms with Crippen molar-refractivity contribution in [3.05, 3.63) is 292 Å². The van der Waals surface area contributed by atoms with E-state index in [1.807, 2.05) is 0 Å². The number of hydrogen-bond acceptors (Lipinski definition) is 1. The van der Waals surface area contributed by atoms with Gasteiger partial charge in [0.1, 0.15) is 0 Å². The number of fused-ring (bicyclic) bond motifs is 16. The molecule has 0 saturated carbocycles. The molecule has 0 amide bonds. The summed E-state index contributed by atoms with van der Waals surface area (Å²) in [6.07, 6.45) is 0. The average molecular weight is 1060 g/mol. The van der Waals surface area contributed by atoms with E-state index in [0.29, 0.717) is 0 Å². The first-order valence-electron chi connectivity index (χ1n) is 29.6. The highest BCUT2D eigenvalue weighted by Gasteiger charge is 2.52. The first kappa shape index (κ1) is 50.2. The molecule has 0 unspecified atom stereocenters. The molecule has 0 N–H and O–H groups in total. The number of hydrogen-bond donors (Lipinski definition) is 0. The van der Waals surface area contributed by atoms with E-state index in [-0.39, 0.29) is 21.7 Å². The zero-order valence-corrected chi connectivity index (χ0v) is 49.0. The molecule has 11 aromatic carbocycles. The van der Waals surface area contributed by atoms with Crippen molar-refractivity contribution >= 4 is 17.1 Å². The van der Waals surface area contributed by atoms with Crippen LogP contribution in [-0.2, 0) is 27.1 Å². The van der Waals surface area contributed by atoms with Gasteiger partial charge >= 0.3 is 0 Å². The summed E-state index contributed by atoms with van der Waals surface area (Å²) in [4.78, 5) is 2.50. The second kappa shape index (κ2) is 17.6. The fourth-order valence-electron chi connectivity index (χ4n) is 15.1. The monoisotopic (exact) mass is 1060 g/mol. The van der Waals surface area contributed by atoms with Crippen molar-refractivity contribution in [2.45, 2.75) is 96.3 Å². The van der Waals surface area contributed by atoms with Crippen molar-refractivity contribution in [2.75, 3.05) is 4.90 Å². The lowest BCUT2D eigenvalue weighted by molar-refractivity contribution is 0.586. The lowest BCUT2D eigenvalue weighted by atomic mass is 9.68. The van der Waals surface area contributed by atoms with Crippen LogP contribution in [0.1, 0.15) is 125 Å². The Labute approximate surface area is 485 Å². The normalized spacial score (nSPS) is 15.0. The molecule has 4 aliphatic carbocycles. The molecule has 1 nitrogen and oxygen atoms in total. The van der Waals surface area contributed by atoms with E-state index in [2.05, 4.69) is 311 Å². The molecule has 82 heavy (non-hydrogen) atoms. The maximum atomic E-state index is 2.55. The van der Waals surface area contributed by atoms with Gasteiger partial charge in [-0.25, -0.2) is 0 Å². The third kappa shape index (κ3) is 7.18. The molecule has 1 heteroatoms. The topological polar surface area (TPSA) is 3.24 Å². The van der Waals surface area contributed by atoms with Gasteiger partial charge < -0.3 is 4.90 Å². The molecule has 0 heterocycles. The molecule has 4 aliphatic rings. The van der Waals surface area contributed by atoms with E-state index < -0.39 is 5.41 Å². The molecule has 398 valence electrons. The van der Waals surface area contributed by atoms with E-state index in [1.54, 1.807) is 0 Å². The number of nitrogens with zero attached hydrogens (tertiary/aromatic N) is 1. The Hall–Kier alpha value is -8.78. The van der Waals surface area contributed by atoms with Crippen LogP contribution in [-0.4, -0.2) is 0 Å². The van der Waals surface area contributed by atoms with Crippen LogP contribution in [0.4, 0.5) is 17.1 Å². The molecule has 0 fully saturated rings. The highest BCUT2D eigenvalue weighted by molar-refractivity contribution is 6.00. The van der Waals surface area contributed by atoms with Gasteiger partial charge in [0.15, 0.2) is 0 Å². The minimum absolute atomic E-state index is 0.0167. The predicted molar refractivity (Wildman–Crippen MR) is 346 cm³/mol. The smallest absolute Gasteiger partial charge is 0.0725 e. The summed E-state index contributed by atoms with van der Waals surface area (Å²) in [6, 6.07) is 91.0. The fourth-order valence-corrected chi connectivity index (χ4v) is 15.1. The second-order valence-electron chi connectivity index (χ2n) is 26.9. The lowest BCUT2D eigenvalue weighted by Gasteiger charge is -2.33. The average Bonchev–Trinajstić information content (AvgIpc) is 2.15. The molecule has 0 aliphatic heterocycles. The third-order valence-electron chi connectivity index (χ3n) is 19.4. The predicted octanol–water partition coefficient (Wildman–Crippen LogP) is 21.7. The van der Waals surface area contributed by atoms with Gasteiger partial charge in [0.05, 0.1) is 11.1 Å². The van der Waals surface area contributed by atoms with Crippen molar-refractivity contribution in [2.24, 2.45) is 0 Å². The van der Waals surface area contributed by atoms with Gasteiger partial charge in [-0.2, -0.15) is 0 Å². The van der Waals surface area contributed by atoms with Crippen LogP contribution >= 0.6 is 0 Å². The Morgan fingerprint density at radius 1 is 0.268 bits per heavy atom. The number of rotatable bonds is 6. The molecule has 0 aromatic heterocycles. The molecule has 1 spiro atoms. The van der Waals surface area contributed by atoms with Crippen molar-refractivity contribution < 1.29 is 0 Å². The van der Waals surface area contributed by atoms with Gasteiger partial charge in [0, 0.05) is 27.8 Å². The van der Waals surface area contributed by atoms with Crippen LogP contribution in [0.2, 0.25) is 0 Å². The summed E-state index contributed by atoms with van der Waals surface area (Å²) in [5.74, 6) is 0. The number of anilines is 3. The minimum atomic E-state index is -0.480. The van der Waals surface area contributed by atoms with Gasteiger partial charge in [-0.15, -0.1) is 0 Å². The van der Waals surface area contributed by atoms with Crippen molar-refractivity contribution in [3.63, 3.8) is 0 Å². The summed E-state index contributed by atoms with van der Waals surface area (Å²) in [6.45, 7) is 23.5. The summed E-state index contributed by atoms with van der Waals surface area (Å²) in [7, 11) is 0. The van der Waals surface area contributed by atoms with E-state index in [9.17, 15) is 0 Å². The Bertz CT molecular complexity index is 4400. The highest BCUT2D eigenvalue weighted by atomic mass is 15.1. The molecule has 0 bridgehead atoms. The highest BCUT2D eigenvalue weighted by Crippen LogP contribution is 2.64. The Kier molecular flexibility index (Phi) is 10.8. The standard InChI is InChI=1S/C81H69N/c1-77(2,3)54-37-42-61-62-43-38-55(78(4,5)6)49-74(62)81(73(61)48-54)70-30-17-12-23-58(70)60-41-35-53(47-72(60)81)50-33-39-56(40-34-50)82(57-22-19-21-51(45-57)52-36-44-69-66(46-52)59-24-11-15-28-67(59)79(69,7)8)75-32-18-14-25-63(75)64-27-20-31-71-76(64)65-26-13-16-29-68(65)80(71,9)10/h11-49H,1-10H3. The van der Waals surface area contributed by atoms with Crippen LogP contribution in [0.3, 0.4) is 0 Å². The van der Waals surface area contributed by atoms with Gasteiger partial charge in [0.2, 0.25) is 0 Å². The number of para-hydroxylation sites is 1. The fraction of sp³-hybridized carbons (Fsp3) is 0.185. The molecule has 0 radical (unpaired) electrons. The van der Waals surface area contributed by atoms with Gasteiger partial charge in [-0.05, 0) is 181 Å². The number of benzene rings is 11. The van der Waals surface area contributed by atoms with Gasteiger partial charge in [0.25, 0.3) is 0 Å². The molecular formula is C81H69N. The Morgan fingerprint density at radius 2 is 0.707 bits per heavy atom. The SMILES string of the molecule is CC(C)(C)c1ccc2c(c1)C1(c3ccccc3-c3ccc(-c4ccc(N(c5cccc(-c6ccc7c(c6)-c6ccccc6C7(C)C)c5)c5ccccc5-c5cccc6c5-c5ccccc5C6(C)C)cc4)cc31)c1cc(C(C)(C)C)ccc1-2. The lowest BCUT2D eigenvalue weighted by Crippen LogP contribution is -2.27. The summed E-state index contributed by atoms with van der Waals surface area (Å²) in [5, 5.41) is 0. The quantitative estimate of drug-likeness (QED) is 0.160. The maximum Gasteiger partial charge on any atom is 0.0725 e. The van der Waals surface area contributed by atoms with E-state index in [1.165, 1.54) is 134 Å². The van der Waals surface area contributed by atoms with Crippen LogP contribution in [0, 0.1) is 0 Å². The zero-order valence-electron chi connectivity index (χ0n) is 49.0. The van der Waals surface area contributed by atoms with Crippen molar-refractivity contribution in [3.8, 4) is 77.9 Å². The Balaban J connectivity index is 0.901. The summed E-state index contributed by atoms with van der Waals surface area (Å²) < 4.78 is 0. The molecule has 11 aromatic rings. The molecule has 15 rings (SSSR count). The Morgan fingerprint density at radius 3 is 1.37 bits per heavy atom. The first-order chi connectivity index (χ1) is 39.4. The molecule has 0 saturated heterocycles. The summed E-state index contributed by atoms with van der Waals surface area (Å²) in [5.41, 5.74) is 34.2. The largest absolute Gasteiger partial charge is 0.310 e. The molecular weight excluding hydrogens is 987 g/mol. The minimum Gasteiger partial charge on any atom is -0.310 e. The van der Waals surface area contributed by atoms with Gasteiger partial charge in [-0.1, -0.05) is 263 Å². The van der Waals surface area contributed by atoms with Crippen LogP contribution in [0.25, 0.3) is 77.9 Å². The maximum absolute atomic E-state index is 2.55. The summed E-state index contributed by atoms with van der Waals surface area (Å²) >= 11 is 0. The van der Waals surface area contributed by atoms with Crippen LogP contribution in [0.5, 0.6) is 0 Å². The van der Waals surface area contributed by atoms with Crippen LogP contribution < -0.4 is 4.90 Å². The van der Waals surface area contributed by atoms with Crippen molar-refractivity contribution in [1.29, 1.82) is 0 Å². The van der Waals surface area contributed by atoms with E-state index in [0.717, 1.165) is 17.1 Å². The third-order valence-corrected chi connectivity index (χ3v) is 19.4. The van der Waals surface area contributed by atoms with E-state index >= 15 is 0 Å². The first-order valence-corrected chi connectivity index (χ1v) is 29.6. The second-order valence-corrected chi connectivity index (χ2v) is 26.9. The van der Waals surface area contributed by atoms with E-state index in [4.69, 9.17) is 0 Å². The van der Waals surface area contributed by atoms with Crippen molar-refractivity contribution in [1.82, 2.24) is 0 Å². The zero-order chi connectivity index (χ0) is 56.2. The van der Waals surface area contributed by atoms with Crippen LogP contribution in [0.15, 0.2) is 237 Å². The van der Waals surface area contributed by atoms with Gasteiger partial charge in [-0.3, -0.25) is 0 Å². The molecule has 0 atom stereocenters.